The predicted octanol–water partition coefficient (Wildman–Crippen LogP) is 1.82. The fourth-order valence-corrected chi connectivity index (χ4v) is 4.60. The van der Waals surface area contributed by atoms with Gasteiger partial charge in [0, 0.05) is 38.3 Å². The van der Waals surface area contributed by atoms with E-state index in [1.165, 1.54) is 0 Å². The van der Waals surface area contributed by atoms with Crippen LogP contribution in [-0.4, -0.2) is 67.0 Å². The SMILES string of the molecule is COCCN(C)CC(=O)N1CCC2(C(=O)Nc3ccccc32)C1c1cccnc1. The normalized spacial score (nSPS) is 22.9. The van der Waals surface area contributed by atoms with Crippen molar-refractivity contribution in [3.05, 3.63) is 59.9 Å². The molecule has 7 nitrogen and oxygen atoms in total. The number of likely N-dealkylation sites (tertiary alicyclic amines) is 1. The van der Waals surface area contributed by atoms with Gasteiger partial charge < -0.3 is 15.0 Å². The van der Waals surface area contributed by atoms with Crippen molar-refractivity contribution >= 4 is 17.5 Å². The number of benzene rings is 1. The van der Waals surface area contributed by atoms with Crippen molar-refractivity contribution in [1.29, 1.82) is 0 Å². The summed E-state index contributed by atoms with van der Waals surface area (Å²) in [6, 6.07) is 11.2. The van der Waals surface area contributed by atoms with Crippen LogP contribution < -0.4 is 5.32 Å². The van der Waals surface area contributed by atoms with Gasteiger partial charge in [-0.3, -0.25) is 19.5 Å². The van der Waals surface area contributed by atoms with E-state index in [0.717, 1.165) is 16.8 Å². The Morgan fingerprint density at radius 2 is 2.17 bits per heavy atom. The smallest absolute Gasteiger partial charge is 0.237 e. The largest absolute Gasteiger partial charge is 0.383 e. The Labute approximate surface area is 170 Å². The van der Waals surface area contributed by atoms with Gasteiger partial charge in [0.05, 0.1) is 19.2 Å². The molecule has 2 aliphatic rings. The van der Waals surface area contributed by atoms with Gasteiger partial charge in [-0.25, -0.2) is 0 Å². The van der Waals surface area contributed by atoms with Crippen molar-refractivity contribution in [3.8, 4) is 0 Å². The highest BCUT2D eigenvalue weighted by molar-refractivity contribution is 6.07. The van der Waals surface area contributed by atoms with Crippen molar-refractivity contribution in [3.63, 3.8) is 0 Å². The number of aromatic nitrogens is 1. The number of rotatable bonds is 6. The third-order valence-electron chi connectivity index (χ3n) is 5.99. The maximum atomic E-state index is 13.3. The zero-order valence-electron chi connectivity index (χ0n) is 16.8. The lowest BCUT2D eigenvalue weighted by Gasteiger charge is -2.34. The maximum Gasteiger partial charge on any atom is 0.237 e. The highest BCUT2D eigenvalue weighted by Crippen LogP contribution is 2.54. The number of carbonyl (C=O) groups is 2. The van der Waals surface area contributed by atoms with E-state index in [2.05, 4.69) is 10.3 Å². The van der Waals surface area contributed by atoms with Crippen LogP contribution in [-0.2, 0) is 19.7 Å². The first-order valence-corrected chi connectivity index (χ1v) is 9.86. The van der Waals surface area contributed by atoms with Crippen molar-refractivity contribution < 1.29 is 14.3 Å². The molecular weight excluding hydrogens is 368 g/mol. The molecule has 29 heavy (non-hydrogen) atoms. The first kappa shape index (κ1) is 19.5. The van der Waals surface area contributed by atoms with Crippen molar-refractivity contribution in [2.75, 3.05) is 45.7 Å². The molecule has 2 aromatic rings. The number of nitrogens with one attached hydrogen (secondary N) is 1. The Morgan fingerprint density at radius 1 is 1.34 bits per heavy atom. The number of amides is 2. The van der Waals surface area contributed by atoms with E-state index in [1.54, 1.807) is 19.5 Å². The number of ether oxygens (including phenoxy) is 1. The molecule has 152 valence electrons. The highest BCUT2D eigenvalue weighted by Gasteiger charge is 2.59. The molecular formula is C22H26N4O3. The number of fused-ring (bicyclic) bond motifs is 2. The van der Waals surface area contributed by atoms with Gasteiger partial charge in [-0.15, -0.1) is 0 Å². The minimum Gasteiger partial charge on any atom is -0.383 e. The average molecular weight is 394 g/mol. The fraction of sp³-hybridized carbons (Fsp3) is 0.409. The molecule has 0 radical (unpaired) electrons. The van der Waals surface area contributed by atoms with Crippen LogP contribution in [0.15, 0.2) is 48.8 Å². The zero-order chi connectivity index (χ0) is 20.4. The second-order valence-corrected chi connectivity index (χ2v) is 7.73. The van der Waals surface area contributed by atoms with Crippen LogP contribution in [0.5, 0.6) is 0 Å². The van der Waals surface area contributed by atoms with Crippen LogP contribution >= 0.6 is 0 Å². The Bertz CT molecular complexity index is 904. The van der Waals surface area contributed by atoms with Crippen molar-refractivity contribution in [2.45, 2.75) is 17.9 Å². The molecule has 1 aromatic carbocycles. The summed E-state index contributed by atoms with van der Waals surface area (Å²) < 4.78 is 5.11. The molecule has 7 heteroatoms. The zero-order valence-corrected chi connectivity index (χ0v) is 16.8. The number of para-hydroxylation sites is 1. The molecule has 3 heterocycles. The molecule has 1 fully saturated rings. The Kier molecular flexibility index (Phi) is 5.34. The minimum atomic E-state index is -0.791. The van der Waals surface area contributed by atoms with E-state index in [0.29, 0.717) is 26.1 Å². The number of nitrogens with zero attached hydrogens (tertiary/aromatic N) is 3. The summed E-state index contributed by atoms with van der Waals surface area (Å²) in [5.41, 5.74) is 1.88. The Morgan fingerprint density at radius 3 is 2.93 bits per heavy atom. The minimum absolute atomic E-state index is 0.00603. The molecule has 1 aromatic heterocycles. The topological polar surface area (TPSA) is 74.8 Å². The molecule has 0 saturated carbocycles. The van der Waals surface area contributed by atoms with E-state index in [-0.39, 0.29) is 24.4 Å². The predicted molar refractivity (Wildman–Crippen MR) is 109 cm³/mol. The van der Waals surface area contributed by atoms with Gasteiger partial charge in [-0.1, -0.05) is 24.3 Å². The van der Waals surface area contributed by atoms with Crippen molar-refractivity contribution in [2.24, 2.45) is 0 Å². The van der Waals surface area contributed by atoms with Gasteiger partial charge in [-0.05, 0) is 36.7 Å². The quantitative estimate of drug-likeness (QED) is 0.809. The lowest BCUT2D eigenvalue weighted by molar-refractivity contribution is -0.134. The number of likely N-dealkylation sites (N-methyl/N-ethyl adjacent to an activating group) is 1. The van der Waals surface area contributed by atoms with Crippen LogP contribution in [0.3, 0.4) is 0 Å². The number of methoxy groups -OCH3 is 1. The molecule has 0 bridgehead atoms. The first-order chi connectivity index (χ1) is 14.1. The average Bonchev–Trinajstić information content (AvgIpc) is 3.27. The van der Waals surface area contributed by atoms with E-state index in [4.69, 9.17) is 4.74 Å². The van der Waals surface area contributed by atoms with Gasteiger partial charge in [0.25, 0.3) is 0 Å². The summed E-state index contributed by atoms with van der Waals surface area (Å²) in [6.45, 7) is 2.04. The molecule has 2 aliphatic heterocycles. The van der Waals surface area contributed by atoms with E-state index in [1.807, 2.05) is 53.2 Å². The van der Waals surface area contributed by atoms with Crippen LogP contribution in [0.2, 0.25) is 0 Å². The summed E-state index contributed by atoms with van der Waals surface area (Å²) in [5.74, 6) is -0.0397. The van der Waals surface area contributed by atoms with Crippen LogP contribution in [0.4, 0.5) is 5.69 Å². The van der Waals surface area contributed by atoms with Gasteiger partial charge in [-0.2, -0.15) is 0 Å². The van der Waals surface area contributed by atoms with Gasteiger partial charge in [0.15, 0.2) is 0 Å². The monoisotopic (exact) mass is 394 g/mol. The number of hydrogen-bond acceptors (Lipinski definition) is 5. The van der Waals surface area contributed by atoms with Gasteiger partial charge >= 0.3 is 0 Å². The molecule has 2 unspecified atom stereocenters. The Balaban J connectivity index is 1.72. The summed E-state index contributed by atoms with van der Waals surface area (Å²) >= 11 is 0. The molecule has 1 N–H and O–H groups in total. The lowest BCUT2D eigenvalue weighted by Crippen LogP contribution is -2.45. The number of pyridine rings is 1. The summed E-state index contributed by atoms with van der Waals surface area (Å²) in [5, 5.41) is 3.03. The van der Waals surface area contributed by atoms with Crippen molar-refractivity contribution in [1.82, 2.24) is 14.8 Å². The highest BCUT2D eigenvalue weighted by atomic mass is 16.5. The van der Waals surface area contributed by atoms with E-state index < -0.39 is 5.41 Å². The fourth-order valence-electron chi connectivity index (χ4n) is 4.60. The molecule has 4 rings (SSSR count). The Hall–Kier alpha value is -2.77. The van der Waals surface area contributed by atoms with E-state index in [9.17, 15) is 9.59 Å². The summed E-state index contributed by atoms with van der Waals surface area (Å²) in [7, 11) is 3.55. The third kappa shape index (κ3) is 3.30. The van der Waals surface area contributed by atoms with Crippen LogP contribution in [0.25, 0.3) is 0 Å². The molecule has 2 amide bonds. The molecule has 1 saturated heterocycles. The maximum absolute atomic E-state index is 13.3. The number of carbonyl (C=O) groups excluding carboxylic acids is 2. The lowest BCUT2D eigenvalue weighted by atomic mass is 9.73. The third-order valence-corrected chi connectivity index (χ3v) is 5.99. The number of anilines is 1. The molecule has 2 atom stereocenters. The number of hydrogen-bond donors (Lipinski definition) is 1. The van der Waals surface area contributed by atoms with E-state index >= 15 is 0 Å². The second-order valence-electron chi connectivity index (χ2n) is 7.73. The van der Waals surface area contributed by atoms with Crippen LogP contribution in [0.1, 0.15) is 23.6 Å². The summed E-state index contributed by atoms with van der Waals surface area (Å²) in [6.07, 6.45) is 4.06. The second kappa shape index (κ2) is 7.93. The molecule has 0 aliphatic carbocycles. The van der Waals surface area contributed by atoms with Gasteiger partial charge in [0.1, 0.15) is 5.41 Å². The summed E-state index contributed by atoms with van der Waals surface area (Å²) in [4.78, 5) is 34.6. The van der Waals surface area contributed by atoms with Gasteiger partial charge in [0.2, 0.25) is 11.8 Å². The molecule has 1 spiro atoms. The van der Waals surface area contributed by atoms with Crippen LogP contribution in [0, 0.1) is 0 Å². The first-order valence-electron chi connectivity index (χ1n) is 9.86. The standard InChI is InChI=1S/C22H26N4O3/c1-25(12-13-29-2)15-19(27)26-11-9-22(20(26)16-6-5-10-23-14-16)17-7-3-4-8-18(17)24-21(22)28/h3-8,10,14,20H,9,11-13,15H2,1-2H3,(H,24,28).